The summed E-state index contributed by atoms with van der Waals surface area (Å²) in [5.41, 5.74) is 1.36. The van der Waals surface area contributed by atoms with Crippen LogP contribution in [0.4, 0.5) is 0 Å². The maximum atomic E-state index is 4.39. The molecule has 3 atom stereocenters. The van der Waals surface area contributed by atoms with Gasteiger partial charge in [0.1, 0.15) is 0 Å². The van der Waals surface area contributed by atoms with Crippen LogP contribution in [0.2, 0.25) is 0 Å². The first kappa shape index (κ1) is 21.2. The molecule has 1 fully saturated rings. The van der Waals surface area contributed by atoms with Crippen LogP contribution in [0.25, 0.3) is 0 Å². The van der Waals surface area contributed by atoms with E-state index in [0.29, 0.717) is 17.9 Å². The third-order valence-corrected chi connectivity index (χ3v) is 4.94. The van der Waals surface area contributed by atoms with Gasteiger partial charge in [0, 0.05) is 32.1 Å². The quantitative estimate of drug-likeness (QED) is 0.416. The Morgan fingerprint density at radius 3 is 2.62 bits per heavy atom. The summed E-state index contributed by atoms with van der Waals surface area (Å²) in [6.45, 7) is 7.89. The van der Waals surface area contributed by atoms with Crippen molar-refractivity contribution in [2.45, 2.75) is 38.6 Å². The van der Waals surface area contributed by atoms with Crippen LogP contribution in [0, 0.1) is 5.92 Å². The van der Waals surface area contributed by atoms with Gasteiger partial charge in [-0.05, 0) is 44.8 Å². The molecule has 0 aromatic heterocycles. The van der Waals surface area contributed by atoms with Crippen molar-refractivity contribution in [2.24, 2.45) is 10.9 Å². The summed E-state index contributed by atoms with van der Waals surface area (Å²) in [6.07, 6.45) is 2.61. The van der Waals surface area contributed by atoms with Gasteiger partial charge in [-0.15, -0.1) is 24.0 Å². The van der Waals surface area contributed by atoms with Gasteiger partial charge in [0.05, 0.1) is 0 Å². The van der Waals surface area contributed by atoms with Gasteiger partial charge >= 0.3 is 0 Å². The molecule has 3 unspecified atom stereocenters. The number of nitrogens with zero attached hydrogens (tertiary/aromatic N) is 2. The van der Waals surface area contributed by atoms with Crippen LogP contribution >= 0.6 is 24.0 Å². The predicted molar refractivity (Wildman–Crippen MR) is 114 cm³/mol. The third-order valence-electron chi connectivity index (χ3n) is 4.94. The molecular weight excluding hydrogens is 411 g/mol. The molecule has 2 N–H and O–H groups in total. The van der Waals surface area contributed by atoms with Crippen molar-refractivity contribution in [1.82, 2.24) is 15.5 Å². The first-order chi connectivity index (χ1) is 11.1. The minimum Gasteiger partial charge on any atom is -0.356 e. The number of rotatable bonds is 5. The standard InChI is InChI=1S/C19H32N4.HI/c1-15(18-10-6-5-7-11-18)16(2)22-19(20-3)21-13-17-9-8-12-23(4)14-17;/h5-7,10-11,15-17H,8-9,12-14H2,1-4H3,(H2,20,21,22);1H. The predicted octanol–water partition coefficient (Wildman–Crippen LogP) is 3.30. The Morgan fingerprint density at radius 1 is 1.29 bits per heavy atom. The Hall–Kier alpha value is -0.820. The number of hydrogen-bond donors (Lipinski definition) is 2. The highest BCUT2D eigenvalue weighted by molar-refractivity contribution is 14.0. The fourth-order valence-corrected chi connectivity index (χ4v) is 3.26. The van der Waals surface area contributed by atoms with Crippen LogP contribution in [0.5, 0.6) is 0 Å². The molecule has 1 aromatic rings. The highest BCUT2D eigenvalue weighted by Crippen LogP contribution is 2.18. The molecule has 1 saturated heterocycles. The van der Waals surface area contributed by atoms with Gasteiger partial charge in [0.15, 0.2) is 5.96 Å². The van der Waals surface area contributed by atoms with E-state index in [2.05, 4.69) is 71.8 Å². The Balaban J connectivity index is 0.00000288. The molecule has 0 spiro atoms. The summed E-state index contributed by atoms with van der Waals surface area (Å²) in [6, 6.07) is 11.0. The first-order valence-electron chi connectivity index (χ1n) is 8.80. The number of benzene rings is 1. The highest BCUT2D eigenvalue weighted by atomic mass is 127. The van der Waals surface area contributed by atoms with Gasteiger partial charge < -0.3 is 15.5 Å². The molecule has 1 heterocycles. The zero-order valence-electron chi connectivity index (χ0n) is 15.5. The average Bonchev–Trinajstić information content (AvgIpc) is 2.58. The molecule has 0 aliphatic carbocycles. The van der Waals surface area contributed by atoms with Crippen molar-refractivity contribution >= 4 is 29.9 Å². The number of halogens is 1. The van der Waals surface area contributed by atoms with E-state index in [1.54, 1.807) is 0 Å². The van der Waals surface area contributed by atoms with E-state index in [4.69, 9.17) is 0 Å². The van der Waals surface area contributed by atoms with E-state index in [0.717, 1.165) is 12.5 Å². The van der Waals surface area contributed by atoms with Crippen LogP contribution in [-0.2, 0) is 0 Å². The molecule has 0 amide bonds. The maximum Gasteiger partial charge on any atom is 0.191 e. The SMILES string of the molecule is CN=C(NCC1CCCN(C)C1)NC(C)C(C)c1ccccc1.I. The second-order valence-electron chi connectivity index (χ2n) is 6.86. The summed E-state index contributed by atoms with van der Waals surface area (Å²) in [5.74, 6) is 2.07. The van der Waals surface area contributed by atoms with Crippen molar-refractivity contribution in [3.63, 3.8) is 0 Å². The zero-order chi connectivity index (χ0) is 16.7. The number of aliphatic imine (C=N–C) groups is 1. The fraction of sp³-hybridized carbons (Fsp3) is 0.632. The van der Waals surface area contributed by atoms with Crippen LogP contribution in [0.3, 0.4) is 0 Å². The van der Waals surface area contributed by atoms with Crippen LogP contribution in [-0.4, -0.2) is 50.6 Å². The van der Waals surface area contributed by atoms with Crippen LogP contribution in [0.15, 0.2) is 35.3 Å². The Morgan fingerprint density at radius 2 is 2.00 bits per heavy atom. The summed E-state index contributed by atoms with van der Waals surface area (Å²) < 4.78 is 0. The Labute approximate surface area is 164 Å². The molecule has 2 rings (SSSR count). The lowest BCUT2D eigenvalue weighted by Crippen LogP contribution is -2.47. The normalized spacial score (nSPS) is 21.5. The largest absolute Gasteiger partial charge is 0.356 e. The fourth-order valence-electron chi connectivity index (χ4n) is 3.26. The highest BCUT2D eigenvalue weighted by Gasteiger charge is 2.19. The van der Waals surface area contributed by atoms with Crippen molar-refractivity contribution in [3.8, 4) is 0 Å². The molecule has 5 heteroatoms. The lowest BCUT2D eigenvalue weighted by molar-refractivity contribution is 0.210. The van der Waals surface area contributed by atoms with E-state index in [1.165, 1.54) is 31.5 Å². The summed E-state index contributed by atoms with van der Waals surface area (Å²) in [7, 11) is 4.06. The topological polar surface area (TPSA) is 39.7 Å². The van der Waals surface area contributed by atoms with E-state index in [-0.39, 0.29) is 24.0 Å². The lowest BCUT2D eigenvalue weighted by Gasteiger charge is -2.30. The van der Waals surface area contributed by atoms with Crippen LogP contribution in [0.1, 0.15) is 38.2 Å². The summed E-state index contributed by atoms with van der Waals surface area (Å²) in [5, 5.41) is 7.05. The van der Waals surface area contributed by atoms with Gasteiger partial charge in [0.2, 0.25) is 0 Å². The third kappa shape index (κ3) is 6.59. The molecule has 0 bridgehead atoms. The molecule has 0 radical (unpaired) electrons. The Kier molecular flexibility index (Phi) is 9.66. The summed E-state index contributed by atoms with van der Waals surface area (Å²) >= 11 is 0. The molecule has 1 aromatic carbocycles. The average molecular weight is 444 g/mol. The van der Waals surface area contributed by atoms with E-state index >= 15 is 0 Å². The van der Waals surface area contributed by atoms with Gasteiger partial charge in [-0.3, -0.25) is 4.99 Å². The molecule has 24 heavy (non-hydrogen) atoms. The number of likely N-dealkylation sites (tertiary alicyclic amines) is 1. The summed E-state index contributed by atoms with van der Waals surface area (Å²) in [4.78, 5) is 6.81. The molecule has 0 saturated carbocycles. The second kappa shape index (κ2) is 10.9. The minimum atomic E-state index is 0. The molecule has 136 valence electrons. The number of nitrogens with one attached hydrogen (secondary N) is 2. The monoisotopic (exact) mass is 444 g/mol. The Bertz CT molecular complexity index is 491. The van der Waals surface area contributed by atoms with E-state index in [9.17, 15) is 0 Å². The smallest absolute Gasteiger partial charge is 0.191 e. The van der Waals surface area contributed by atoms with E-state index < -0.39 is 0 Å². The van der Waals surface area contributed by atoms with Crippen molar-refractivity contribution in [3.05, 3.63) is 35.9 Å². The minimum absolute atomic E-state index is 0. The van der Waals surface area contributed by atoms with Crippen LogP contribution < -0.4 is 10.6 Å². The van der Waals surface area contributed by atoms with Gasteiger partial charge in [0.25, 0.3) is 0 Å². The van der Waals surface area contributed by atoms with Crippen molar-refractivity contribution in [2.75, 3.05) is 33.7 Å². The number of hydrogen-bond acceptors (Lipinski definition) is 2. The van der Waals surface area contributed by atoms with Crippen molar-refractivity contribution in [1.29, 1.82) is 0 Å². The van der Waals surface area contributed by atoms with Gasteiger partial charge in [-0.2, -0.15) is 0 Å². The molecule has 4 nitrogen and oxygen atoms in total. The zero-order valence-corrected chi connectivity index (χ0v) is 17.8. The lowest BCUT2D eigenvalue weighted by atomic mass is 9.94. The first-order valence-corrected chi connectivity index (χ1v) is 8.80. The van der Waals surface area contributed by atoms with E-state index in [1.807, 2.05) is 7.05 Å². The number of guanidine groups is 1. The maximum absolute atomic E-state index is 4.39. The second-order valence-corrected chi connectivity index (χ2v) is 6.86. The number of piperidine rings is 1. The van der Waals surface area contributed by atoms with Gasteiger partial charge in [-0.1, -0.05) is 37.3 Å². The molecule has 1 aliphatic rings. The molecular formula is C19H33IN4. The van der Waals surface area contributed by atoms with Gasteiger partial charge in [-0.25, -0.2) is 0 Å². The molecule has 1 aliphatic heterocycles. The van der Waals surface area contributed by atoms with Crippen molar-refractivity contribution < 1.29 is 0 Å².